The first-order chi connectivity index (χ1) is 11.5. The number of hydrogen-bond donors (Lipinski definition) is 1. The summed E-state index contributed by atoms with van der Waals surface area (Å²) in [6.07, 6.45) is 3.23. The maximum Gasteiger partial charge on any atom is 0.328 e. The van der Waals surface area contributed by atoms with Crippen molar-refractivity contribution in [2.75, 3.05) is 5.32 Å². The SMILES string of the molecule is Cn1c(=O)n(C)c2cc(NC(=O)/C=C/c3ccccc3)c(Br)cc21. The monoisotopic (exact) mass is 385 g/mol. The minimum atomic E-state index is -0.236. The summed E-state index contributed by atoms with van der Waals surface area (Å²) in [5.41, 5.74) is 3.02. The van der Waals surface area contributed by atoms with Crippen LogP contribution in [0.15, 0.2) is 57.8 Å². The molecule has 6 heteroatoms. The third-order valence-electron chi connectivity index (χ3n) is 3.85. The van der Waals surface area contributed by atoms with Crippen molar-refractivity contribution in [1.29, 1.82) is 0 Å². The molecule has 0 aliphatic carbocycles. The van der Waals surface area contributed by atoms with Gasteiger partial charge in [-0.25, -0.2) is 4.79 Å². The summed E-state index contributed by atoms with van der Waals surface area (Å²) in [5, 5.41) is 2.83. The van der Waals surface area contributed by atoms with Gasteiger partial charge in [0.15, 0.2) is 0 Å². The van der Waals surface area contributed by atoms with Crippen molar-refractivity contribution >= 4 is 44.6 Å². The standard InChI is InChI=1S/C18H16BrN3O2/c1-21-15-10-13(19)14(11-16(15)22(2)18(21)24)20-17(23)9-8-12-6-4-3-5-7-12/h3-11H,1-2H3,(H,20,23)/b9-8+. The van der Waals surface area contributed by atoms with Crippen LogP contribution in [0.1, 0.15) is 5.56 Å². The Morgan fingerprint density at radius 3 is 2.38 bits per heavy atom. The molecule has 0 saturated heterocycles. The number of aromatic nitrogens is 2. The lowest BCUT2D eigenvalue weighted by molar-refractivity contribution is -0.111. The highest BCUT2D eigenvalue weighted by Crippen LogP contribution is 2.27. The van der Waals surface area contributed by atoms with Crippen LogP contribution in [0.4, 0.5) is 5.69 Å². The van der Waals surface area contributed by atoms with Crippen molar-refractivity contribution in [2.24, 2.45) is 14.1 Å². The number of carbonyl (C=O) groups excluding carboxylic acids is 1. The molecule has 0 unspecified atom stereocenters. The number of nitrogens with zero attached hydrogens (tertiary/aromatic N) is 2. The van der Waals surface area contributed by atoms with Crippen LogP contribution in [0.2, 0.25) is 0 Å². The van der Waals surface area contributed by atoms with Crippen LogP contribution in [0.25, 0.3) is 17.1 Å². The van der Waals surface area contributed by atoms with Crippen molar-refractivity contribution in [1.82, 2.24) is 9.13 Å². The Bertz CT molecular complexity index is 1000. The Morgan fingerprint density at radius 2 is 1.71 bits per heavy atom. The van der Waals surface area contributed by atoms with Gasteiger partial charge < -0.3 is 5.32 Å². The van der Waals surface area contributed by atoms with E-state index in [1.165, 1.54) is 6.08 Å². The Morgan fingerprint density at radius 1 is 1.08 bits per heavy atom. The summed E-state index contributed by atoms with van der Waals surface area (Å²) in [6, 6.07) is 13.2. The Kier molecular flexibility index (Phi) is 4.40. The zero-order chi connectivity index (χ0) is 17.3. The van der Waals surface area contributed by atoms with Crippen LogP contribution < -0.4 is 11.0 Å². The highest BCUT2D eigenvalue weighted by atomic mass is 79.9. The quantitative estimate of drug-likeness (QED) is 0.703. The molecular weight excluding hydrogens is 370 g/mol. The number of carbonyl (C=O) groups is 1. The Balaban J connectivity index is 1.88. The first-order valence-corrected chi connectivity index (χ1v) is 8.16. The number of imidazole rings is 1. The predicted octanol–water partition coefficient (Wildman–Crippen LogP) is 3.29. The highest BCUT2D eigenvalue weighted by molar-refractivity contribution is 9.10. The average molecular weight is 386 g/mol. The molecule has 1 amide bonds. The number of nitrogens with one attached hydrogen (secondary N) is 1. The van der Waals surface area contributed by atoms with Gasteiger partial charge in [0, 0.05) is 24.6 Å². The lowest BCUT2D eigenvalue weighted by atomic mass is 10.2. The fourth-order valence-corrected chi connectivity index (χ4v) is 2.96. The van der Waals surface area contributed by atoms with Gasteiger partial charge in [0.2, 0.25) is 5.91 Å². The van der Waals surface area contributed by atoms with Crippen molar-refractivity contribution in [2.45, 2.75) is 0 Å². The molecule has 0 aliphatic heterocycles. The summed E-state index contributed by atoms with van der Waals surface area (Å²) in [4.78, 5) is 24.1. The Hall–Kier alpha value is -2.60. The first kappa shape index (κ1) is 16.3. The van der Waals surface area contributed by atoms with Gasteiger partial charge in [0.25, 0.3) is 0 Å². The first-order valence-electron chi connectivity index (χ1n) is 7.36. The van der Waals surface area contributed by atoms with Crippen molar-refractivity contribution in [3.63, 3.8) is 0 Å². The third-order valence-corrected chi connectivity index (χ3v) is 4.50. The Labute approximate surface area is 147 Å². The van der Waals surface area contributed by atoms with E-state index in [0.717, 1.165) is 21.1 Å². The van der Waals surface area contributed by atoms with Crippen LogP contribution in [-0.2, 0) is 18.9 Å². The third kappa shape index (κ3) is 3.05. The van der Waals surface area contributed by atoms with E-state index in [-0.39, 0.29) is 11.6 Å². The van der Waals surface area contributed by atoms with Crippen LogP contribution in [0.3, 0.4) is 0 Å². The van der Waals surface area contributed by atoms with Crippen LogP contribution in [0, 0.1) is 0 Å². The predicted molar refractivity (Wildman–Crippen MR) is 100.0 cm³/mol. The molecule has 0 atom stereocenters. The zero-order valence-electron chi connectivity index (χ0n) is 13.3. The normalized spacial score (nSPS) is 11.3. The number of anilines is 1. The van der Waals surface area contributed by atoms with Crippen molar-refractivity contribution in [3.8, 4) is 0 Å². The number of aryl methyl sites for hydroxylation is 2. The average Bonchev–Trinajstić information content (AvgIpc) is 2.79. The van der Waals surface area contributed by atoms with E-state index >= 15 is 0 Å². The number of hydrogen-bond acceptors (Lipinski definition) is 2. The summed E-state index contributed by atoms with van der Waals surface area (Å²) in [6.45, 7) is 0. The number of rotatable bonds is 3. The van der Waals surface area contributed by atoms with Crippen molar-refractivity contribution < 1.29 is 4.79 Å². The van der Waals surface area contributed by atoms with Crippen LogP contribution in [-0.4, -0.2) is 15.0 Å². The summed E-state index contributed by atoms with van der Waals surface area (Å²) < 4.78 is 3.84. The lowest BCUT2D eigenvalue weighted by Crippen LogP contribution is -2.19. The van der Waals surface area contributed by atoms with E-state index < -0.39 is 0 Å². The smallest absolute Gasteiger partial charge is 0.321 e. The minimum Gasteiger partial charge on any atom is -0.321 e. The van der Waals surface area contributed by atoms with Gasteiger partial charge in [0.05, 0.1) is 16.7 Å². The van der Waals surface area contributed by atoms with Gasteiger partial charge in [-0.2, -0.15) is 0 Å². The molecule has 0 bridgehead atoms. The molecule has 1 N–H and O–H groups in total. The van der Waals surface area contributed by atoms with Gasteiger partial charge in [-0.15, -0.1) is 0 Å². The zero-order valence-corrected chi connectivity index (χ0v) is 14.9. The molecule has 0 saturated carbocycles. The number of benzene rings is 2. The second-order valence-corrected chi connectivity index (χ2v) is 6.31. The number of fused-ring (bicyclic) bond motifs is 1. The molecule has 1 aromatic heterocycles. The topological polar surface area (TPSA) is 56.0 Å². The molecule has 0 radical (unpaired) electrons. The molecule has 122 valence electrons. The summed E-state index contributed by atoms with van der Waals surface area (Å²) >= 11 is 3.45. The van der Waals surface area contributed by atoms with Gasteiger partial charge in [-0.3, -0.25) is 13.9 Å². The van der Waals surface area contributed by atoms with E-state index in [1.54, 1.807) is 35.4 Å². The molecule has 3 rings (SSSR count). The van der Waals surface area contributed by atoms with Gasteiger partial charge in [-0.1, -0.05) is 30.3 Å². The molecule has 0 spiro atoms. The molecular formula is C18H16BrN3O2. The van der Waals surface area contributed by atoms with E-state index in [9.17, 15) is 9.59 Å². The van der Waals surface area contributed by atoms with E-state index in [4.69, 9.17) is 0 Å². The van der Waals surface area contributed by atoms with Gasteiger partial charge in [-0.05, 0) is 39.7 Å². The summed E-state index contributed by atoms with van der Waals surface area (Å²) in [7, 11) is 3.43. The van der Waals surface area contributed by atoms with Crippen LogP contribution >= 0.6 is 15.9 Å². The van der Waals surface area contributed by atoms with E-state index in [2.05, 4.69) is 21.2 Å². The fourth-order valence-electron chi connectivity index (χ4n) is 2.53. The largest absolute Gasteiger partial charge is 0.328 e. The minimum absolute atomic E-state index is 0.107. The van der Waals surface area contributed by atoms with Gasteiger partial charge >= 0.3 is 5.69 Å². The maximum absolute atomic E-state index is 12.1. The molecule has 0 aliphatic rings. The molecule has 5 nitrogen and oxygen atoms in total. The number of halogens is 1. The molecule has 0 fully saturated rings. The molecule has 3 aromatic rings. The van der Waals surface area contributed by atoms with Crippen LogP contribution in [0.5, 0.6) is 0 Å². The van der Waals surface area contributed by atoms with Gasteiger partial charge in [0.1, 0.15) is 0 Å². The molecule has 1 heterocycles. The second kappa shape index (κ2) is 6.49. The maximum atomic E-state index is 12.1. The number of amides is 1. The summed E-state index contributed by atoms with van der Waals surface area (Å²) in [5.74, 6) is -0.236. The molecule has 24 heavy (non-hydrogen) atoms. The fraction of sp³-hybridized carbons (Fsp3) is 0.111. The molecule has 2 aromatic carbocycles. The highest BCUT2D eigenvalue weighted by Gasteiger charge is 2.12. The second-order valence-electron chi connectivity index (χ2n) is 5.45. The van der Waals surface area contributed by atoms with E-state index in [0.29, 0.717) is 5.69 Å². The van der Waals surface area contributed by atoms with Crippen molar-refractivity contribution in [3.05, 3.63) is 69.1 Å². The van der Waals surface area contributed by atoms with E-state index in [1.807, 2.05) is 36.4 Å². The lowest BCUT2D eigenvalue weighted by Gasteiger charge is -2.06.